The van der Waals surface area contributed by atoms with Crippen molar-refractivity contribution in [3.63, 3.8) is 0 Å². The first kappa shape index (κ1) is 13.6. The number of hydrogen-bond donors (Lipinski definition) is 2. The lowest BCUT2D eigenvalue weighted by Gasteiger charge is -2.36. The van der Waals surface area contributed by atoms with Gasteiger partial charge in [0, 0.05) is 5.54 Å². The highest BCUT2D eigenvalue weighted by Crippen LogP contribution is 2.27. The zero-order valence-corrected chi connectivity index (χ0v) is 11.2. The summed E-state index contributed by atoms with van der Waals surface area (Å²) in [5, 5.41) is 13.2. The molecule has 1 aromatic rings. The van der Waals surface area contributed by atoms with Crippen LogP contribution in [0.3, 0.4) is 0 Å². The molecule has 2 rings (SSSR count). The molecule has 2 heteroatoms. The predicted octanol–water partition coefficient (Wildman–Crippen LogP) is 2.90. The molecule has 0 spiro atoms. The second-order valence-electron chi connectivity index (χ2n) is 5.52. The number of nitrogens with one attached hydrogen (secondary N) is 1. The molecule has 1 aromatic carbocycles. The van der Waals surface area contributed by atoms with E-state index in [9.17, 15) is 5.11 Å². The van der Waals surface area contributed by atoms with Gasteiger partial charge in [-0.3, -0.25) is 0 Å². The van der Waals surface area contributed by atoms with E-state index < -0.39 is 0 Å². The second-order valence-corrected chi connectivity index (χ2v) is 5.52. The third-order valence-electron chi connectivity index (χ3n) is 4.10. The van der Waals surface area contributed by atoms with Gasteiger partial charge in [-0.25, -0.2) is 0 Å². The molecule has 0 aliphatic heterocycles. The van der Waals surface area contributed by atoms with Crippen molar-refractivity contribution in [2.45, 2.75) is 50.5 Å². The summed E-state index contributed by atoms with van der Waals surface area (Å²) in [5.41, 5.74) is 1.43. The molecule has 0 radical (unpaired) electrons. The molecule has 0 unspecified atom stereocenters. The van der Waals surface area contributed by atoms with Crippen molar-refractivity contribution in [3.05, 3.63) is 35.9 Å². The zero-order valence-electron chi connectivity index (χ0n) is 11.2. The molecule has 0 heterocycles. The Morgan fingerprint density at radius 3 is 2.44 bits per heavy atom. The van der Waals surface area contributed by atoms with Crippen molar-refractivity contribution >= 4 is 0 Å². The van der Waals surface area contributed by atoms with Gasteiger partial charge in [-0.2, -0.15) is 0 Å². The van der Waals surface area contributed by atoms with Crippen LogP contribution in [-0.4, -0.2) is 23.8 Å². The van der Waals surface area contributed by atoms with Gasteiger partial charge in [-0.1, -0.05) is 49.6 Å². The predicted molar refractivity (Wildman–Crippen MR) is 75.7 cm³/mol. The summed E-state index contributed by atoms with van der Waals surface area (Å²) in [5.74, 6) is 0. The first-order valence-corrected chi connectivity index (χ1v) is 7.24. The first-order chi connectivity index (χ1) is 8.85. The maximum absolute atomic E-state index is 9.60. The molecular formula is C16H25NO. The minimum atomic E-state index is 0.0228. The molecule has 18 heavy (non-hydrogen) atoms. The Kier molecular flexibility index (Phi) is 5.21. The van der Waals surface area contributed by atoms with Crippen LogP contribution in [0.1, 0.15) is 44.1 Å². The Labute approximate surface area is 110 Å². The van der Waals surface area contributed by atoms with E-state index >= 15 is 0 Å². The lowest BCUT2D eigenvalue weighted by Crippen LogP contribution is -2.50. The number of aryl methyl sites for hydroxylation is 1. The SMILES string of the molecule is OCC1(NCCCc2ccccc2)CCCCC1. The molecule has 0 aromatic heterocycles. The molecule has 1 aliphatic carbocycles. The Hall–Kier alpha value is -0.860. The number of benzene rings is 1. The fourth-order valence-corrected chi connectivity index (χ4v) is 2.91. The number of rotatable bonds is 6. The summed E-state index contributed by atoms with van der Waals surface area (Å²) >= 11 is 0. The number of hydrogen-bond acceptors (Lipinski definition) is 2. The van der Waals surface area contributed by atoms with Gasteiger partial charge in [0.05, 0.1) is 6.61 Å². The average molecular weight is 247 g/mol. The summed E-state index contributed by atoms with van der Waals surface area (Å²) in [7, 11) is 0. The summed E-state index contributed by atoms with van der Waals surface area (Å²) in [6.07, 6.45) is 8.37. The Balaban J connectivity index is 1.71. The van der Waals surface area contributed by atoms with Crippen molar-refractivity contribution < 1.29 is 5.11 Å². The summed E-state index contributed by atoms with van der Waals surface area (Å²) in [6.45, 7) is 1.30. The molecule has 0 amide bonds. The standard InChI is InChI=1S/C16H25NO/c18-14-16(11-5-2-6-12-16)17-13-7-10-15-8-3-1-4-9-15/h1,3-4,8-9,17-18H,2,5-7,10-14H2. The van der Waals surface area contributed by atoms with Crippen LogP contribution in [-0.2, 0) is 6.42 Å². The summed E-state index contributed by atoms with van der Waals surface area (Å²) < 4.78 is 0. The number of aliphatic hydroxyl groups is 1. The molecule has 1 aliphatic rings. The Bertz CT molecular complexity index is 330. The molecule has 1 saturated carbocycles. The van der Waals surface area contributed by atoms with Gasteiger partial charge >= 0.3 is 0 Å². The highest BCUT2D eigenvalue weighted by molar-refractivity contribution is 5.14. The summed E-state index contributed by atoms with van der Waals surface area (Å²) in [6, 6.07) is 10.6. The van der Waals surface area contributed by atoms with Crippen molar-refractivity contribution in [2.75, 3.05) is 13.2 Å². The molecule has 0 saturated heterocycles. The van der Waals surface area contributed by atoms with E-state index in [0.29, 0.717) is 6.61 Å². The Morgan fingerprint density at radius 2 is 1.78 bits per heavy atom. The molecule has 1 fully saturated rings. The molecule has 2 N–H and O–H groups in total. The van der Waals surface area contributed by atoms with Crippen LogP contribution in [0.2, 0.25) is 0 Å². The molecule has 0 atom stereocenters. The molecule has 2 nitrogen and oxygen atoms in total. The minimum Gasteiger partial charge on any atom is -0.394 e. The van der Waals surface area contributed by atoms with Gasteiger partial charge in [-0.05, 0) is 37.8 Å². The van der Waals surface area contributed by atoms with Crippen molar-refractivity contribution in [3.8, 4) is 0 Å². The van der Waals surface area contributed by atoms with Crippen LogP contribution in [0.25, 0.3) is 0 Å². The summed E-state index contributed by atoms with van der Waals surface area (Å²) in [4.78, 5) is 0. The van der Waals surface area contributed by atoms with Gasteiger partial charge in [0.1, 0.15) is 0 Å². The quantitative estimate of drug-likeness (QED) is 0.758. The third-order valence-corrected chi connectivity index (χ3v) is 4.10. The van der Waals surface area contributed by atoms with Crippen molar-refractivity contribution in [1.29, 1.82) is 0 Å². The molecule has 0 bridgehead atoms. The van der Waals surface area contributed by atoms with E-state index in [2.05, 4.69) is 35.6 Å². The minimum absolute atomic E-state index is 0.0228. The van der Waals surface area contributed by atoms with E-state index in [4.69, 9.17) is 0 Å². The maximum Gasteiger partial charge on any atom is 0.0613 e. The van der Waals surface area contributed by atoms with Gasteiger partial charge < -0.3 is 10.4 Å². The van der Waals surface area contributed by atoms with Gasteiger partial charge in [0.25, 0.3) is 0 Å². The maximum atomic E-state index is 9.60. The smallest absolute Gasteiger partial charge is 0.0613 e. The first-order valence-electron chi connectivity index (χ1n) is 7.24. The number of aliphatic hydroxyl groups excluding tert-OH is 1. The van der Waals surface area contributed by atoms with Crippen molar-refractivity contribution in [2.24, 2.45) is 0 Å². The van der Waals surface area contributed by atoms with Crippen molar-refractivity contribution in [1.82, 2.24) is 5.32 Å². The van der Waals surface area contributed by atoms with Crippen LogP contribution in [0, 0.1) is 0 Å². The largest absolute Gasteiger partial charge is 0.394 e. The highest BCUT2D eigenvalue weighted by Gasteiger charge is 2.30. The van der Waals surface area contributed by atoms with E-state index in [1.165, 1.54) is 24.8 Å². The zero-order chi connectivity index (χ0) is 12.7. The fraction of sp³-hybridized carbons (Fsp3) is 0.625. The topological polar surface area (TPSA) is 32.3 Å². The molecule has 100 valence electrons. The van der Waals surface area contributed by atoms with Crippen LogP contribution in [0.4, 0.5) is 0 Å². The highest BCUT2D eigenvalue weighted by atomic mass is 16.3. The van der Waals surface area contributed by atoms with Gasteiger partial charge in [0.15, 0.2) is 0 Å². The van der Waals surface area contributed by atoms with E-state index in [-0.39, 0.29) is 5.54 Å². The second kappa shape index (κ2) is 6.91. The van der Waals surface area contributed by atoms with Gasteiger partial charge in [0.2, 0.25) is 0 Å². The van der Waals surface area contributed by atoms with Gasteiger partial charge in [-0.15, -0.1) is 0 Å². The van der Waals surface area contributed by atoms with Crippen LogP contribution >= 0.6 is 0 Å². The van der Waals surface area contributed by atoms with Crippen LogP contribution < -0.4 is 5.32 Å². The van der Waals surface area contributed by atoms with Crippen LogP contribution in [0.15, 0.2) is 30.3 Å². The third kappa shape index (κ3) is 3.82. The lowest BCUT2D eigenvalue weighted by atomic mass is 9.82. The Morgan fingerprint density at radius 1 is 1.06 bits per heavy atom. The normalized spacial score (nSPS) is 18.7. The lowest BCUT2D eigenvalue weighted by molar-refractivity contribution is 0.121. The molecular weight excluding hydrogens is 222 g/mol. The van der Waals surface area contributed by atoms with Crippen LogP contribution in [0.5, 0.6) is 0 Å². The van der Waals surface area contributed by atoms with E-state index in [0.717, 1.165) is 32.2 Å². The monoisotopic (exact) mass is 247 g/mol. The van der Waals surface area contributed by atoms with E-state index in [1.807, 2.05) is 0 Å². The van der Waals surface area contributed by atoms with E-state index in [1.54, 1.807) is 0 Å². The average Bonchev–Trinajstić information content (AvgIpc) is 2.46. The fourth-order valence-electron chi connectivity index (χ4n) is 2.91.